The van der Waals surface area contributed by atoms with Crippen molar-refractivity contribution >= 4 is 5.91 Å². The van der Waals surface area contributed by atoms with E-state index in [-0.39, 0.29) is 37.0 Å². The predicted octanol–water partition coefficient (Wildman–Crippen LogP) is 5.34. The second-order valence-corrected chi connectivity index (χ2v) is 10.1. The van der Waals surface area contributed by atoms with Gasteiger partial charge in [-0.2, -0.15) is 31.4 Å². The van der Waals surface area contributed by atoms with E-state index >= 15 is 0 Å². The van der Waals surface area contributed by atoms with Gasteiger partial charge in [0.2, 0.25) is 5.91 Å². The molecule has 0 unspecified atom stereocenters. The summed E-state index contributed by atoms with van der Waals surface area (Å²) in [4.78, 5) is 25.5. The number of amides is 1. The Morgan fingerprint density at radius 2 is 1.60 bits per heavy atom. The average Bonchev–Trinajstić information content (AvgIpc) is 3.37. The number of halogens is 6. The molecule has 40 heavy (non-hydrogen) atoms. The molecule has 1 amide bonds. The SMILES string of the molecule is CNC(=O)C1(n2cn[nH]c2=O)CCC(CO[C@H](C)c2cc(C(F)(F)F)cc(C(F)(F)F)c2)(c2ccccc2)CC1. The molecule has 1 saturated carbocycles. The van der Waals surface area contributed by atoms with Crippen LogP contribution in [-0.4, -0.2) is 34.3 Å². The molecule has 4 rings (SSSR count). The summed E-state index contributed by atoms with van der Waals surface area (Å²) in [7, 11) is 1.46. The Labute approximate surface area is 225 Å². The third-order valence-electron chi connectivity index (χ3n) is 7.77. The minimum absolute atomic E-state index is 0.0418. The molecule has 13 heteroatoms. The predicted molar refractivity (Wildman–Crippen MR) is 132 cm³/mol. The summed E-state index contributed by atoms with van der Waals surface area (Å²) in [5.41, 5.74) is -4.75. The summed E-state index contributed by atoms with van der Waals surface area (Å²) in [5.74, 6) is -0.379. The number of alkyl halides is 6. The fourth-order valence-corrected chi connectivity index (χ4v) is 5.41. The highest BCUT2D eigenvalue weighted by atomic mass is 19.4. The van der Waals surface area contributed by atoms with Gasteiger partial charge in [0.25, 0.3) is 0 Å². The molecule has 1 heterocycles. The van der Waals surface area contributed by atoms with Crippen LogP contribution in [0.4, 0.5) is 26.3 Å². The number of aromatic nitrogens is 3. The first-order chi connectivity index (χ1) is 18.7. The molecule has 1 fully saturated rings. The van der Waals surface area contributed by atoms with E-state index in [0.717, 1.165) is 5.56 Å². The smallest absolute Gasteiger partial charge is 0.373 e. The number of nitrogens with zero attached hydrogens (tertiary/aromatic N) is 2. The normalized spacial score (nSPS) is 22.6. The molecule has 1 aliphatic rings. The highest BCUT2D eigenvalue weighted by molar-refractivity contribution is 5.84. The molecule has 1 atom stereocenters. The molecule has 0 aliphatic heterocycles. The van der Waals surface area contributed by atoms with Gasteiger partial charge in [-0.3, -0.25) is 9.36 Å². The molecule has 0 saturated heterocycles. The maximum atomic E-state index is 13.4. The largest absolute Gasteiger partial charge is 0.416 e. The second kappa shape index (κ2) is 10.8. The Morgan fingerprint density at radius 1 is 1.02 bits per heavy atom. The lowest BCUT2D eigenvalue weighted by molar-refractivity contribution is -0.143. The van der Waals surface area contributed by atoms with Crippen molar-refractivity contribution in [2.75, 3.05) is 13.7 Å². The number of benzene rings is 2. The highest BCUT2D eigenvalue weighted by Crippen LogP contribution is 2.47. The number of carbonyl (C=O) groups excluding carboxylic acids is 1. The van der Waals surface area contributed by atoms with Gasteiger partial charge in [-0.15, -0.1) is 0 Å². The lowest BCUT2D eigenvalue weighted by atomic mass is 9.64. The Morgan fingerprint density at radius 3 is 2.08 bits per heavy atom. The quantitative estimate of drug-likeness (QED) is 0.376. The molecule has 0 bridgehead atoms. The van der Waals surface area contributed by atoms with E-state index in [4.69, 9.17) is 4.74 Å². The Balaban J connectivity index is 1.65. The van der Waals surface area contributed by atoms with Gasteiger partial charge in [-0.25, -0.2) is 9.89 Å². The van der Waals surface area contributed by atoms with Crippen molar-refractivity contribution in [3.63, 3.8) is 0 Å². The minimum atomic E-state index is -4.97. The zero-order valence-corrected chi connectivity index (χ0v) is 21.7. The molecule has 0 radical (unpaired) electrons. The third kappa shape index (κ3) is 5.65. The highest BCUT2D eigenvalue weighted by Gasteiger charge is 2.50. The van der Waals surface area contributed by atoms with Gasteiger partial charge in [-0.1, -0.05) is 30.3 Å². The fraction of sp³-hybridized carbons (Fsp3) is 0.444. The fourth-order valence-electron chi connectivity index (χ4n) is 5.41. The maximum absolute atomic E-state index is 13.4. The van der Waals surface area contributed by atoms with E-state index in [1.54, 1.807) is 0 Å². The summed E-state index contributed by atoms with van der Waals surface area (Å²) >= 11 is 0. The number of likely N-dealkylation sites (N-methyl/N-ethyl adjacent to an activating group) is 1. The van der Waals surface area contributed by atoms with E-state index in [1.165, 1.54) is 24.9 Å². The van der Waals surface area contributed by atoms with Crippen molar-refractivity contribution in [3.05, 3.63) is 87.6 Å². The molecular weight excluding hydrogens is 542 g/mol. The summed E-state index contributed by atoms with van der Waals surface area (Å²) < 4.78 is 87.7. The van der Waals surface area contributed by atoms with Crippen molar-refractivity contribution in [2.45, 2.75) is 62.0 Å². The first-order valence-electron chi connectivity index (χ1n) is 12.5. The van der Waals surface area contributed by atoms with Gasteiger partial charge in [0.05, 0.1) is 23.8 Å². The number of nitrogens with one attached hydrogen (secondary N) is 2. The number of rotatable bonds is 7. The van der Waals surface area contributed by atoms with Crippen LogP contribution in [0.3, 0.4) is 0 Å². The van der Waals surface area contributed by atoms with Gasteiger partial charge in [-0.05, 0) is 61.9 Å². The summed E-state index contributed by atoms with van der Waals surface area (Å²) in [6.07, 6.45) is -8.70. The zero-order valence-electron chi connectivity index (χ0n) is 21.7. The standard InChI is InChI=1S/C27H28F6N4O3/c1-17(18-12-20(26(28,29)30)14-21(13-18)27(31,32)33)40-15-24(19-6-4-3-5-7-19)8-10-25(11-9-24,22(38)34-2)37-16-35-36-23(37)39/h3-7,12-14,16-17H,8-11,15H2,1-2H3,(H,34,38)(H,36,39)/t17-,24?,25?/m1/s1. The maximum Gasteiger partial charge on any atom is 0.416 e. The van der Waals surface area contributed by atoms with Crippen LogP contribution in [0.1, 0.15) is 61.0 Å². The number of H-pyrrole nitrogens is 1. The van der Waals surface area contributed by atoms with E-state index in [2.05, 4.69) is 15.5 Å². The van der Waals surface area contributed by atoms with Gasteiger partial charge in [0.1, 0.15) is 11.9 Å². The summed E-state index contributed by atoms with van der Waals surface area (Å²) in [6.45, 7) is 1.36. The third-order valence-corrected chi connectivity index (χ3v) is 7.77. The molecule has 1 aliphatic carbocycles. The Kier molecular flexibility index (Phi) is 7.90. The van der Waals surface area contributed by atoms with Crippen molar-refractivity contribution in [1.29, 1.82) is 0 Å². The monoisotopic (exact) mass is 570 g/mol. The number of aromatic amines is 1. The van der Waals surface area contributed by atoms with Gasteiger partial charge >= 0.3 is 18.0 Å². The molecule has 216 valence electrons. The van der Waals surface area contributed by atoms with Crippen molar-refractivity contribution in [3.8, 4) is 0 Å². The minimum Gasteiger partial charge on any atom is -0.373 e. The van der Waals surface area contributed by atoms with Crippen molar-refractivity contribution in [1.82, 2.24) is 20.1 Å². The molecule has 0 spiro atoms. The zero-order chi connectivity index (χ0) is 29.3. The topological polar surface area (TPSA) is 89.0 Å². The molecule has 2 N–H and O–H groups in total. The first-order valence-corrected chi connectivity index (χ1v) is 12.5. The molecule has 7 nitrogen and oxygen atoms in total. The van der Waals surface area contributed by atoms with Crippen LogP contribution >= 0.6 is 0 Å². The number of hydrogen-bond acceptors (Lipinski definition) is 4. The van der Waals surface area contributed by atoms with Crippen molar-refractivity contribution in [2.24, 2.45) is 0 Å². The lowest BCUT2D eigenvalue weighted by Crippen LogP contribution is -2.55. The van der Waals surface area contributed by atoms with Crippen LogP contribution in [0.15, 0.2) is 59.7 Å². The van der Waals surface area contributed by atoms with Crippen LogP contribution in [0.5, 0.6) is 0 Å². The van der Waals surface area contributed by atoms with E-state index in [0.29, 0.717) is 25.0 Å². The molecular formula is C27H28F6N4O3. The first kappa shape index (κ1) is 29.4. The molecule has 3 aromatic rings. The van der Waals surface area contributed by atoms with Crippen LogP contribution in [0, 0.1) is 0 Å². The van der Waals surface area contributed by atoms with Gasteiger partial charge in [0, 0.05) is 12.5 Å². The van der Waals surface area contributed by atoms with Gasteiger partial charge in [0.15, 0.2) is 0 Å². The van der Waals surface area contributed by atoms with Crippen LogP contribution < -0.4 is 11.0 Å². The number of hydrogen-bond donors (Lipinski definition) is 2. The van der Waals surface area contributed by atoms with E-state index in [1.807, 2.05) is 30.3 Å². The van der Waals surface area contributed by atoms with Crippen LogP contribution in [0.2, 0.25) is 0 Å². The van der Waals surface area contributed by atoms with Gasteiger partial charge < -0.3 is 10.1 Å². The average molecular weight is 571 g/mol. The van der Waals surface area contributed by atoms with Crippen LogP contribution in [-0.2, 0) is 32.8 Å². The Hall–Kier alpha value is -3.61. The second-order valence-electron chi connectivity index (χ2n) is 10.1. The lowest BCUT2D eigenvalue weighted by Gasteiger charge is -2.46. The van der Waals surface area contributed by atoms with E-state index < -0.39 is 46.2 Å². The van der Waals surface area contributed by atoms with Crippen molar-refractivity contribution < 1.29 is 35.9 Å². The van der Waals surface area contributed by atoms with E-state index in [9.17, 15) is 35.9 Å². The van der Waals surface area contributed by atoms with Crippen LogP contribution in [0.25, 0.3) is 0 Å². The summed E-state index contributed by atoms with van der Waals surface area (Å²) in [6, 6.07) is 10.6. The molecule has 2 aromatic carbocycles. The number of carbonyl (C=O) groups is 1. The summed E-state index contributed by atoms with van der Waals surface area (Å²) in [5, 5.41) is 8.67. The Bertz CT molecular complexity index is 1360. The molecule has 1 aromatic heterocycles. The number of ether oxygens (including phenoxy) is 1.